The summed E-state index contributed by atoms with van der Waals surface area (Å²) in [6, 6.07) is 13.2. The molecule has 0 fully saturated rings. The van der Waals surface area contributed by atoms with E-state index in [-0.39, 0.29) is 4.90 Å². The van der Waals surface area contributed by atoms with Gasteiger partial charge in [-0.3, -0.25) is 4.79 Å². The van der Waals surface area contributed by atoms with Gasteiger partial charge in [-0.15, -0.1) is 0 Å². The van der Waals surface area contributed by atoms with E-state index in [1.165, 1.54) is 12.1 Å². The van der Waals surface area contributed by atoms with Gasteiger partial charge in [0.25, 0.3) is 0 Å². The molecule has 0 spiro atoms. The average Bonchev–Trinajstić information content (AvgIpc) is 2.45. The summed E-state index contributed by atoms with van der Waals surface area (Å²) < 4.78 is 26.8. The Morgan fingerprint density at radius 1 is 1.10 bits per heavy atom. The quantitative estimate of drug-likeness (QED) is 0.886. The lowest BCUT2D eigenvalue weighted by molar-refractivity contribution is -0.139. The highest BCUT2D eigenvalue weighted by Gasteiger charge is 2.26. The Morgan fingerprint density at radius 2 is 1.76 bits per heavy atom. The second kappa shape index (κ2) is 6.07. The molecule has 6 heteroatoms. The smallest absolute Gasteiger partial charge is 0.326 e. The summed E-state index contributed by atoms with van der Waals surface area (Å²) in [7, 11) is -3.91. The second-order valence-corrected chi connectivity index (χ2v) is 6.33. The zero-order valence-electron chi connectivity index (χ0n) is 11.4. The lowest BCUT2D eigenvalue weighted by Crippen LogP contribution is -2.33. The van der Waals surface area contributed by atoms with Gasteiger partial charge >= 0.3 is 5.97 Å². The molecule has 0 amide bonds. The van der Waals surface area contributed by atoms with Gasteiger partial charge in [-0.25, -0.2) is 8.42 Å². The van der Waals surface area contributed by atoms with Gasteiger partial charge in [-0.1, -0.05) is 42.5 Å². The highest BCUT2D eigenvalue weighted by molar-refractivity contribution is 7.89. The number of benzene rings is 2. The van der Waals surface area contributed by atoms with Crippen molar-refractivity contribution >= 4 is 16.0 Å². The minimum Gasteiger partial charge on any atom is -0.480 e. The summed E-state index contributed by atoms with van der Waals surface area (Å²) in [5, 5.41) is 9.26. The van der Waals surface area contributed by atoms with Gasteiger partial charge in [0.05, 0.1) is 4.90 Å². The number of carbonyl (C=O) groups is 1. The van der Waals surface area contributed by atoms with Crippen LogP contribution in [0.15, 0.2) is 59.5 Å². The van der Waals surface area contributed by atoms with E-state index in [0.717, 1.165) is 5.56 Å². The SMILES string of the molecule is Cc1cccc(S(=O)(=O)N[C@@H](C(=O)O)c2ccccc2)c1. The van der Waals surface area contributed by atoms with Crippen LogP contribution in [0.4, 0.5) is 0 Å². The minimum absolute atomic E-state index is 0.0460. The van der Waals surface area contributed by atoms with Gasteiger partial charge < -0.3 is 5.11 Å². The van der Waals surface area contributed by atoms with E-state index >= 15 is 0 Å². The zero-order valence-corrected chi connectivity index (χ0v) is 12.2. The molecular formula is C15H15NO4S. The molecule has 0 aliphatic carbocycles. The molecule has 2 aromatic rings. The number of hydrogen-bond acceptors (Lipinski definition) is 3. The van der Waals surface area contributed by atoms with Crippen LogP contribution in [0.1, 0.15) is 17.2 Å². The van der Waals surface area contributed by atoms with Crippen molar-refractivity contribution in [2.45, 2.75) is 17.9 Å². The molecule has 0 saturated heterocycles. The summed E-state index contributed by atoms with van der Waals surface area (Å²) in [5.41, 5.74) is 1.16. The van der Waals surface area contributed by atoms with Crippen LogP contribution in [0.2, 0.25) is 0 Å². The van der Waals surface area contributed by atoms with Gasteiger partial charge in [0, 0.05) is 0 Å². The number of carboxylic acids is 1. The molecule has 0 aliphatic rings. The monoisotopic (exact) mass is 305 g/mol. The fraction of sp³-hybridized carbons (Fsp3) is 0.133. The maximum atomic E-state index is 12.3. The molecule has 1 atom stereocenters. The van der Waals surface area contributed by atoms with Crippen molar-refractivity contribution in [1.82, 2.24) is 4.72 Å². The third kappa shape index (κ3) is 3.68. The number of rotatable bonds is 5. The highest BCUT2D eigenvalue weighted by atomic mass is 32.2. The fourth-order valence-corrected chi connectivity index (χ4v) is 3.19. The number of aryl methyl sites for hydroxylation is 1. The number of carboxylic acid groups (broad SMARTS) is 1. The molecule has 21 heavy (non-hydrogen) atoms. The summed E-state index contributed by atoms with van der Waals surface area (Å²) in [5.74, 6) is -1.25. The van der Waals surface area contributed by atoms with Crippen molar-refractivity contribution in [2.75, 3.05) is 0 Å². The van der Waals surface area contributed by atoms with Crippen LogP contribution in [0.25, 0.3) is 0 Å². The van der Waals surface area contributed by atoms with E-state index in [9.17, 15) is 18.3 Å². The molecule has 0 bridgehead atoms. The van der Waals surface area contributed by atoms with Crippen molar-refractivity contribution in [3.63, 3.8) is 0 Å². The summed E-state index contributed by atoms with van der Waals surface area (Å²) >= 11 is 0. The lowest BCUT2D eigenvalue weighted by Gasteiger charge is -2.15. The predicted molar refractivity (Wildman–Crippen MR) is 78.3 cm³/mol. The summed E-state index contributed by atoms with van der Waals surface area (Å²) in [4.78, 5) is 11.4. The first kappa shape index (κ1) is 15.2. The molecule has 2 rings (SSSR count). The van der Waals surface area contributed by atoms with Gasteiger partial charge in [0.2, 0.25) is 10.0 Å². The van der Waals surface area contributed by atoms with E-state index in [1.807, 2.05) is 0 Å². The summed E-state index contributed by atoms with van der Waals surface area (Å²) in [6.07, 6.45) is 0. The van der Waals surface area contributed by atoms with E-state index in [2.05, 4.69) is 4.72 Å². The van der Waals surface area contributed by atoms with Crippen LogP contribution in [-0.4, -0.2) is 19.5 Å². The first-order chi connectivity index (χ1) is 9.90. The molecule has 0 aromatic heterocycles. The van der Waals surface area contributed by atoms with E-state index in [0.29, 0.717) is 5.56 Å². The van der Waals surface area contributed by atoms with Crippen LogP contribution < -0.4 is 4.72 Å². The largest absolute Gasteiger partial charge is 0.480 e. The number of hydrogen-bond donors (Lipinski definition) is 2. The molecule has 2 N–H and O–H groups in total. The van der Waals surface area contributed by atoms with Crippen LogP contribution in [0.3, 0.4) is 0 Å². The van der Waals surface area contributed by atoms with Crippen molar-refractivity contribution < 1.29 is 18.3 Å². The van der Waals surface area contributed by atoms with E-state index in [1.54, 1.807) is 49.4 Å². The fourth-order valence-electron chi connectivity index (χ4n) is 1.91. The van der Waals surface area contributed by atoms with Crippen LogP contribution in [0, 0.1) is 6.92 Å². The van der Waals surface area contributed by atoms with Crippen molar-refractivity contribution in [2.24, 2.45) is 0 Å². The summed E-state index contributed by atoms with van der Waals surface area (Å²) in [6.45, 7) is 1.77. The molecule has 110 valence electrons. The van der Waals surface area contributed by atoms with Crippen LogP contribution in [-0.2, 0) is 14.8 Å². The molecule has 0 aliphatic heterocycles. The Balaban J connectivity index is 2.35. The molecule has 2 aromatic carbocycles. The number of sulfonamides is 1. The Bertz CT molecular complexity index is 741. The Kier molecular flexibility index (Phi) is 4.40. The van der Waals surface area contributed by atoms with Crippen molar-refractivity contribution in [1.29, 1.82) is 0 Å². The van der Waals surface area contributed by atoms with Crippen LogP contribution >= 0.6 is 0 Å². The maximum Gasteiger partial charge on any atom is 0.326 e. The van der Waals surface area contributed by atoms with Crippen molar-refractivity contribution in [3.05, 3.63) is 65.7 Å². The maximum absolute atomic E-state index is 12.3. The van der Waals surface area contributed by atoms with Gasteiger partial charge in [0.15, 0.2) is 0 Å². The minimum atomic E-state index is -3.91. The first-order valence-electron chi connectivity index (χ1n) is 6.27. The first-order valence-corrected chi connectivity index (χ1v) is 7.75. The molecule has 0 radical (unpaired) electrons. The average molecular weight is 305 g/mol. The number of aliphatic carboxylic acids is 1. The number of nitrogens with one attached hydrogen (secondary N) is 1. The van der Waals surface area contributed by atoms with Crippen molar-refractivity contribution in [3.8, 4) is 0 Å². The van der Waals surface area contributed by atoms with E-state index in [4.69, 9.17) is 0 Å². The Hall–Kier alpha value is -2.18. The Morgan fingerprint density at radius 3 is 2.33 bits per heavy atom. The standard InChI is InChI=1S/C15H15NO4S/c1-11-6-5-9-13(10-11)21(19,20)16-14(15(17)18)12-7-3-2-4-8-12/h2-10,14,16H,1H3,(H,17,18)/t14-/m1/s1. The lowest BCUT2D eigenvalue weighted by atomic mass is 10.1. The van der Waals surface area contributed by atoms with Gasteiger partial charge in [-0.05, 0) is 30.2 Å². The third-order valence-corrected chi connectivity index (χ3v) is 4.37. The normalized spacial score (nSPS) is 12.8. The zero-order chi connectivity index (χ0) is 15.5. The molecule has 0 heterocycles. The third-order valence-electron chi connectivity index (χ3n) is 2.95. The second-order valence-electron chi connectivity index (χ2n) is 4.62. The van der Waals surface area contributed by atoms with E-state index < -0.39 is 22.0 Å². The highest BCUT2D eigenvalue weighted by Crippen LogP contribution is 2.18. The van der Waals surface area contributed by atoms with Crippen LogP contribution in [0.5, 0.6) is 0 Å². The topological polar surface area (TPSA) is 83.5 Å². The van der Waals surface area contributed by atoms with Gasteiger partial charge in [-0.2, -0.15) is 4.72 Å². The molecule has 0 saturated carbocycles. The van der Waals surface area contributed by atoms with Gasteiger partial charge in [0.1, 0.15) is 6.04 Å². The molecule has 5 nitrogen and oxygen atoms in total. The molecular weight excluding hydrogens is 290 g/mol. The Labute approximate surface area is 123 Å². The molecule has 0 unspecified atom stereocenters. The predicted octanol–water partition coefficient (Wildman–Crippen LogP) is 2.10.